The number of Topliss-reactive ketones (excluding diaryl/α,β-unsaturated/α-hetero) is 1. The SMILES string of the molecule is Cn1cc(C(=O)C2CCCCCC2)cc1C=O. The normalized spacial score (nSPS) is 17.7. The third-order valence-electron chi connectivity index (χ3n) is 3.67. The van der Waals surface area contributed by atoms with Gasteiger partial charge in [-0.2, -0.15) is 0 Å². The van der Waals surface area contributed by atoms with Gasteiger partial charge in [0.05, 0.1) is 5.69 Å². The average Bonchev–Trinajstić information content (AvgIpc) is 2.56. The van der Waals surface area contributed by atoms with E-state index in [1.54, 1.807) is 23.9 Å². The van der Waals surface area contributed by atoms with Crippen LogP contribution in [0.25, 0.3) is 0 Å². The van der Waals surface area contributed by atoms with Gasteiger partial charge in [0.1, 0.15) is 0 Å². The number of hydrogen-bond donors (Lipinski definition) is 0. The van der Waals surface area contributed by atoms with Crippen LogP contribution in [0.15, 0.2) is 12.3 Å². The number of nitrogens with zero attached hydrogens (tertiary/aromatic N) is 1. The summed E-state index contributed by atoms with van der Waals surface area (Å²) in [4.78, 5) is 23.1. The molecule has 0 saturated heterocycles. The molecule has 0 atom stereocenters. The maximum atomic E-state index is 12.3. The molecule has 1 aromatic rings. The van der Waals surface area contributed by atoms with Crippen LogP contribution in [-0.2, 0) is 7.05 Å². The first kappa shape index (κ1) is 12.1. The first-order chi connectivity index (χ1) is 8.22. The van der Waals surface area contributed by atoms with Crippen molar-refractivity contribution >= 4 is 12.1 Å². The standard InChI is InChI=1S/C14H19NO2/c1-15-9-12(8-13(15)10-16)14(17)11-6-4-2-3-5-7-11/h8-11H,2-7H2,1H3. The lowest BCUT2D eigenvalue weighted by molar-refractivity contribution is 0.0908. The number of carbonyl (C=O) groups is 2. The maximum absolute atomic E-state index is 12.3. The van der Waals surface area contributed by atoms with Crippen molar-refractivity contribution in [1.29, 1.82) is 0 Å². The fourth-order valence-electron chi connectivity index (χ4n) is 2.61. The summed E-state index contributed by atoms with van der Waals surface area (Å²) in [7, 11) is 1.80. The monoisotopic (exact) mass is 233 g/mol. The van der Waals surface area contributed by atoms with E-state index in [-0.39, 0.29) is 11.7 Å². The molecule has 1 aliphatic carbocycles. The molecule has 0 bridgehead atoms. The van der Waals surface area contributed by atoms with Crippen molar-refractivity contribution in [2.75, 3.05) is 0 Å². The fourth-order valence-corrected chi connectivity index (χ4v) is 2.61. The summed E-state index contributed by atoms with van der Waals surface area (Å²) in [5.41, 5.74) is 1.27. The van der Waals surface area contributed by atoms with Crippen LogP contribution in [0.4, 0.5) is 0 Å². The third-order valence-corrected chi connectivity index (χ3v) is 3.67. The van der Waals surface area contributed by atoms with Gasteiger partial charge in [-0.15, -0.1) is 0 Å². The topological polar surface area (TPSA) is 39.1 Å². The number of aromatic nitrogens is 1. The average molecular weight is 233 g/mol. The van der Waals surface area contributed by atoms with E-state index in [0.29, 0.717) is 11.3 Å². The maximum Gasteiger partial charge on any atom is 0.167 e. The van der Waals surface area contributed by atoms with Crippen molar-refractivity contribution in [3.05, 3.63) is 23.5 Å². The number of hydrogen-bond acceptors (Lipinski definition) is 2. The Balaban J connectivity index is 2.14. The zero-order valence-electron chi connectivity index (χ0n) is 10.3. The molecule has 0 amide bonds. The smallest absolute Gasteiger partial charge is 0.167 e. The second kappa shape index (κ2) is 5.30. The van der Waals surface area contributed by atoms with Crippen LogP contribution in [0.5, 0.6) is 0 Å². The van der Waals surface area contributed by atoms with E-state index in [4.69, 9.17) is 0 Å². The molecule has 0 N–H and O–H groups in total. The van der Waals surface area contributed by atoms with E-state index in [1.807, 2.05) is 0 Å². The molecule has 1 heterocycles. The van der Waals surface area contributed by atoms with Crippen molar-refractivity contribution in [3.63, 3.8) is 0 Å². The quantitative estimate of drug-likeness (QED) is 0.457. The van der Waals surface area contributed by atoms with Gasteiger partial charge < -0.3 is 4.57 Å². The summed E-state index contributed by atoms with van der Waals surface area (Å²) in [5, 5.41) is 0. The van der Waals surface area contributed by atoms with Crippen LogP contribution in [-0.4, -0.2) is 16.6 Å². The van der Waals surface area contributed by atoms with E-state index < -0.39 is 0 Å². The Bertz CT molecular complexity index is 412. The lowest BCUT2D eigenvalue weighted by Gasteiger charge is -2.10. The largest absolute Gasteiger partial charge is 0.348 e. The van der Waals surface area contributed by atoms with E-state index in [1.165, 1.54) is 12.8 Å². The molecule has 1 saturated carbocycles. The summed E-state index contributed by atoms with van der Waals surface area (Å²) in [5.74, 6) is 0.384. The minimum Gasteiger partial charge on any atom is -0.348 e. The highest BCUT2D eigenvalue weighted by Crippen LogP contribution is 2.26. The van der Waals surface area contributed by atoms with Crippen LogP contribution >= 0.6 is 0 Å². The molecule has 3 heteroatoms. The molecule has 0 spiro atoms. The van der Waals surface area contributed by atoms with Gasteiger partial charge in [-0.05, 0) is 18.9 Å². The summed E-state index contributed by atoms with van der Waals surface area (Å²) in [6, 6.07) is 1.71. The van der Waals surface area contributed by atoms with Crippen molar-refractivity contribution in [1.82, 2.24) is 4.57 Å². The van der Waals surface area contributed by atoms with Crippen molar-refractivity contribution < 1.29 is 9.59 Å². The molecule has 17 heavy (non-hydrogen) atoms. The zero-order chi connectivity index (χ0) is 12.3. The molecule has 0 unspecified atom stereocenters. The zero-order valence-corrected chi connectivity index (χ0v) is 10.3. The van der Waals surface area contributed by atoms with Crippen LogP contribution in [0.3, 0.4) is 0 Å². The first-order valence-corrected chi connectivity index (χ1v) is 6.38. The Morgan fingerprint density at radius 1 is 1.29 bits per heavy atom. The summed E-state index contributed by atoms with van der Waals surface area (Å²) < 4.78 is 1.72. The van der Waals surface area contributed by atoms with Crippen LogP contribution < -0.4 is 0 Å². The van der Waals surface area contributed by atoms with Gasteiger partial charge in [0.15, 0.2) is 12.1 Å². The van der Waals surface area contributed by atoms with E-state index >= 15 is 0 Å². The highest BCUT2D eigenvalue weighted by molar-refractivity contribution is 5.99. The number of carbonyl (C=O) groups excluding carboxylic acids is 2. The number of rotatable bonds is 3. The van der Waals surface area contributed by atoms with Gasteiger partial charge >= 0.3 is 0 Å². The van der Waals surface area contributed by atoms with Crippen LogP contribution in [0.2, 0.25) is 0 Å². The van der Waals surface area contributed by atoms with Gasteiger partial charge in [-0.3, -0.25) is 9.59 Å². The van der Waals surface area contributed by atoms with E-state index in [2.05, 4.69) is 0 Å². The Hall–Kier alpha value is -1.38. The molecular formula is C14H19NO2. The molecule has 0 radical (unpaired) electrons. The van der Waals surface area contributed by atoms with Crippen molar-refractivity contribution in [2.24, 2.45) is 13.0 Å². The first-order valence-electron chi connectivity index (χ1n) is 6.38. The minimum atomic E-state index is 0.166. The van der Waals surface area contributed by atoms with Crippen LogP contribution in [0, 0.1) is 5.92 Å². The molecule has 0 aromatic carbocycles. The van der Waals surface area contributed by atoms with Crippen LogP contribution in [0.1, 0.15) is 59.4 Å². The van der Waals surface area contributed by atoms with Gasteiger partial charge in [-0.25, -0.2) is 0 Å². The van der Waals surface area contributed by atoms with E-state index in [0.717, 1.165) is 32.0 Å². The molecule has 2 rings (SSSR count). The second-order valence-corrected chi connectivity index (χ2v) is 4.94. The number of aryl methyl sites for hydroxylation is 1. The van der Waals surface area contributed by atoms with Gasteiger partial charge in [-0.1, -0.05) is 25.7 Å². The summed E-state index contributed by atoms with van der Waals surface area (Å²) >= 11 is 0. The van der Waals surface area contributed by atoms with Crippen molar-refractivity contribution in [3.8, 4) is 0 Å². The molecular weight excluding hydrogens is 214 g/mol. The Labute approximate surface area is 102 Å². The van der Waals surface area contributed by atoms with Gasteiger partial charge in [0, 0.05) is 24.7 Å². The summed E-state index contributed by atoms with van der Waals surface area (Å²) in [6.07, 6.45) is 9.39. The predicted octanol–water partition coefficient (Wildman–Crippen LogP) is 2.99. The molecule has 0 aliphatic heterocycles. The van der Waals surface area contributed by atoms with Crippen molar-refractivity contribution in [2.45, 2.75) is 38.5 Å². The fraction of sp³-hybridized carbons (Fsp3) is 0.571. The third kappa shape index (κ3) is 2.65. The molecule has 3 nitrogen and oxygen atoms in total. The predicted molar refractivity (Wildman–Crippen MR) is 66.3 cm³/mol. The molecule has 92 valence electrons. The highest BCUT2D eigenvalue weighted by atomic mass is 16.1. The van der Waals surface area contributed by atoms with E-state index in [9.17, 15) is 9.59 Å². The lowest BCUT2D eigenvalue weighted by Crippen LogP contribution is -2.13. The Kier molecular flexibility index (Phi) is 3.77. The number of aldehydes is 1. The Morgan fingerprint density at radius 2 is 1.94 bits per heavy atom. The molecule has 1 fully saturated rings. The molecule has 1 aliphatic rings. The number of ketones is 1. The minimum absolute atomic E-state index is 0.166. The second-order valence-electron chi connectivity index (χ2n) is 4.94. The highest BCUT2D eigenvalue weighted by Gasteiger charge is 2.22. The summed E-state index contributed by atoms with van der Waals surface area (Å²) in [6.45, 7) is 0. The Morgan fingerprint density at radius 3 is 2.47 bits per heavy atom. The lowest BCUT2D eigenvalue weighted by atomic mass is 9.92. The molecule has 1 aromatic heterocycles. The van der Waals surface area contributed by atoms with Gasteiger partial charge in [0.2, 0.25) is 0 Å². The van der Waals surface area contributed by atoms with Gasteiger partial charge in [0.25, 0.3) is 0 Å².